The van der Waals surface area contributed by atoms with Crippen LogP contribution in [0.15, 0.2) is 17.5 Å². The third kappa shape index (κ3) is 4.49. The maximum absolute atomic E-state index is 12.5. The van der Waals surface area contributed by atoms with Gasteiger partial charge in [0.1, 0.15) is 0 Å². The van der Waals surface area contributed by atoms with Gasteiger partial charge < -0.3 is 9.80 Å². The molecule has 0 aromatic carbocycles. The molecule has 0 spiro atoms. The van der Waals surface area contributed by atoms with Gasteiger partial charge in [0.15, 0.2) is 0 Å². The second-order valence-electron chi connectivity index (χ2n) is 5.91. The Balaban J connectivity index is 1.47. The Morgan fingerprint density at radius 2 is 2.04 bits per heavy atom. The minimum absolute atomic E-state index is 0.0407. The molecular formula is C16H23N3O2S2. The van der Waals surface area contributed by atoms with Crippen LogP contribution in [0.1, 0.15) is 17.7 Å². The Bertz CT molecular complexity index is 529. The summed E-state index contributed by atoms with van der Waals surface area (Å²) in [5.41, 5.74) is 0. The van der Waals surface area contributed by atoms with Crippen molar-refractivity contribution in [2.75, 3.05) is 37.8 Å². The van der Waals surface area contributed by atoms with Crippen LogP contribution in [-0.2, 0) is 16.0 Å². The third-order valence-corrected chi connectivity index (χ3v) is 6.22. The molecule has 126 valence electrons. The summed E-state index contributed by atoms with van der Waals surface area (Å²) in [7, 11) is 0. The van der Waals surface area contributed by atoms with Crippen LogP contribution >= 0.6 is 23.1 Å². The molecule has 5 nitrogen and oxygen atoms in total. The monoisotopic (exact) mass is 353 g/mol. The van der Waals surface area contributed by atoms with Gasteiger partial charge in [0.05, 0.1) is 6.04 Å². The van der Waals surface area contributed by atoms with E-state index < -0.39 is 0 Å². The SMILES string of the molecule is O=C(CCc1cccs1)N1CCCN(C(=O)C2CSCN2)CC1. The van der Waals surface area contributed by atoms with Crippen molar-refractivity contribution >= 4 is 34.9 Å². The van der Waals surface area contributed by atoms with Crippen molar-refractivity contribution in [1.82, 2.24) is 15.1 Å². The molecule has 3 rings (SSSR count). The van der Waals surface area contributed by atoms with Crippen molar-refractivity contribution in [3.8, 4) is 0 Å². The molecule has 3 heterocycles. The summed E-state index contributed by atoms with van der Waals surface area (Å²) < 4.78 is 0. The van der Waals surface area contributed by atoms with Crippen LogP contribution in [0.2, 0.25) is 0 Å². The lowest BCUT2D eigenvalue weighted by atomic mass is 10.2. The van der Waals surface area contributed by atoms with Crippen LogP contribution in [0, 0.1) is 0 Å². The van der Waals surface area contributed by atoms with E-state index in [9.17, 15) is 9.59 Å². The van der Waals surface area contributed by atoms with E-state index in [1.165, 1.54) is 4.88 Å². The maximum Gasteiger partial charge on any atom is 0.240 e. The van der Waals surface area contributed by atoms with E-state index >= 15 is 0 Å². The minimum atomic E-state index is -0.0407. The number of hydrogen-bond donors (Lipinski definition) is 1. The highest BCUT2D eigenvalue weighted by molar-refractivity contribution is 7.99. The number of amides is 2. The second-order valence-corrected chi connectivity index (χ2v) is 7.97. The number of hydrogen-bond acceptors (Lipinski definition) is 5. The Hall–Kier alpha value is -1.05. The summed E-state index contributed by atoms with van der Waals surface area (Å²) in [6.45, 7) is 2.84. The Labute approximate surface area is 145 Å². The number of rotatable bonds is 4. The molecule has 0 bridgehead atoms. The van der Waals surface area contributed by atoms with Gasteiger partial charge in [-0.15, -0.1) is 23.1 Å². The quantitative estimate of drug-likeness (QED) is 0.889. The number of thioether (sulfide) groups is 1. The lowest BCUT2D eigenvalue weighted by Crippen LogP contribution is -2.46. The normalized spacial score (nSPS) is 22.2. The zero-order valence-electron chi connectivity index (χ0n) is 13.2. The topological polar surface area (TPSA) is 52.7 Å². The van der Waals surface area contributed by atoms with Crippen LogP contribution in [-0.4, -0.2) is 65.5 Å². The standard InChI is InChI=1S/C16H23N3O2S2/c20-15(5-4-13-3-1-10-23-13)18-6-2-7-19(9-8-18)16(21)14-11-22-12-17-14/h1,3,10,14,17H,2,4-9,11-12H2. The van der Waals surface area contributed by atoms with Gasteiger partial charge in [-0.1, -0.05) is 6.07 Å². The summed E-state index contributed by atoms with van der Waals surface area (Å²) >= 11 is 3.47. The van der Waals surface area contributed by atoms with Gasteiger partial charge in [0.2, 0.25) is 11.8 Å². The average Bonchev–Trinajstić information content (AvgIpc) is 3.22. The predicted octanol–water partition coefficient (Wildman–Crippen LogP) is 1.40. The van der Waals surface area contributed by atoms with Gasteiger partial charge >= 0.3 is 0 Å². The van der Waals surface area contributed by atoms with Gasteiger partial charge in [-0.2, -0.15) is 0 Å². The molecule has 7 heteroatoms. The fourth-order valence-electron chi connectivity index (χ4n) is 3.00. The predicted molar refractivity (Wildman–Crippen MR) is 94.7 cm³/mol. The number of carbonyl (C=O) groups excluding carboxylic acids is 2. The first-order valence-electron chi connectivity index (χ1n) is 8.14. The van der Waals surface area contributed by atoms with Crippen LogP contribution < -0.4 is 5.32 Å². The second kappa shape index (κ2) is 8.17. The number of thiophene rings is 1. The van der Waals surface area contributed by atoms with Gasteiger partial charge in [0.25, 0.3) is 0 Å². The number of nitrogens with zero attached hydrogens (tertiary/aromatic N) is 2. The maximum atomic E-state index is 12.5. The largest absolute Gasteiger partial charge is 0.341 e. The summed E-state index contributed by atoms with van der Waals surface area (Å²) in [4.78, 5) is 30.0. The fourth-order valence-corrected chi connectivity index (χ4v) is 4.65. The molecule has 2 saturated heterocycles. The summed E-state index contributed by atoms with van der Waals surface area (Å²) in [5, 5.41) is 5.28. The molecule has 1 atom stereocenters. The van der Waals surface area contributed by atoms with Crippen molar-refractivity contribution in [1.29, 1.82) is 0 Å². The highest BCUT2D eigenvalue weighted by atomic mass is 32.2. The highest BCUT2D eigenvalue weighted by Crippen LogP contribution is 2.15. The average molecular weight is 354 g/mol. The van der Waals surface area contributed by atoms with Crippen LogP contribution in [0.5, 0.6) is 0 Å². The minimum Gasteiger partial charge on any atom is -0.341 e. The molecule has 1 aromatic heterocycles. The van der Waals surface area contributed by atoms with E-state index in [2.05, 4.69) is 11.4 Å². The Morgan fingerprint density at radius 3 is 2.78 bits per heavy atom. The van der Waals surface area contributed by atoms with Crippen molar-refractivity contribution in [3.63, 3.8) is 0 Å². The van der Waals surface area contributed by atoms with Crippen molar-refractivity contribution in [2.45, 2.75) is 25.3 Å². The molecular weight excluding hydrogens is 330 g/mol. The summed E-state index contributed by atoms with van der Waals surface area (Å²) in [6, 6.07) is 4.06. The molecule has 0 saturated carbocycles. The first-order valence-corrected chi connectivity index (χ1v) is 10.2. The number of carbonyl (C=O) groups is 2. The smallest absolute Gasteiger partial charge is 0.240 e. The zero-order chi connectivity index (χ0) is 16.1. The van der Waals surface area contributed by atoms with Crippen LogP contribution in [0.4, 0.5) is 0 Å². The Kier molecular flexibility index (Phi) is 5.96. The first-order chi connectivity index (χ1) is 11.2. The fraction of sp³-hybridized carbons (Fsp3) is 0.625. The molecule has 2 fully saturated rings. The molecule has 2 amide bonds. The molecule has 1 unspecified atom stereocenters. The molecule has 1 aromatic rings. The summed E-state index contributed by atoms with van der Waals surface area (Å²) in [6.07, 6.45) is 2.25. The number of aryl methyl sites for hydroxylation is 1. The van der Waals surface area contributed by atoms with Crippen molar-refractivity contribution < 1.29 is 9.59 Å². The Morgan fingerprint density at radius 1 is 1.22 bits per heavy atom. The molecule has 0 aliphatic carbocycles. The van der Waals surface area contributed by atoms with E-state index in [1.807, 2.05) is 21.2 Å². The van der Waals surface area contributed by atoms with Crippen LogP contribution in [0.25, 0.3) is 0 Å². The highest BCUT2D eigenvalue weighted by Gasteiger charge is 2.29. The third-order valence-electron chi connectivity index (χ3n) is 4.34. The van der Waals surface area contributed by atoms with Crippen LogP contribution in [0.3, 0.4) is 0 Å². The van der Waals surface area contributed by atoms with E-state index in [4.69, 9.17) is 0 Å². The molecule has 23 heavy (non-hydrogen) atoms. The van der Waals surface area contributed by atoms with Gasteiger partial charge in [-0.3, -0.25) is 14.9 Å². The first kappa shape index (κ1) is 16.8. The molecule has 2 aliphatic heterocycles. The summed E-state index contributed by atoms with van der Waals surface area (Å²) in [5.74, 6) is 2.13. The van der Waals surface area contributed by atoms with Crippen molar-refractivity contribution in [2.24, 2.45) is 0 Å². The lowest BCUT2D eigenvalue weighted by Gasteiger charge is -2.24. The van der Waals surface area contributed by atoms with Gasteiger partial charge in [-0.05, 0) is 24.3 Å². The molecule has 0 radical (unpaired) electrons. The van der Waals surface area contributed by atoms with E-state index in [0.29, 0.717) is 19.5 Å². The van der Waals surface area contributed by atoms with Gasteiger partial charge in [0, 0.05) is 49.1 Å². The van der Waals surface area contributed by atoms with E-state index in [0.717, 1.165) is 37.6 Å². The lowest BCUT2D eigenvalue weighted by molar-refractivity contribution is -0.134. The van der Waals surface area contributed by atoms with E-state index in [-0.39, 0.29) is 17.9 Å². The zero-order valence-corrected chi connectivity index (χ0v) is 14.8. The number of nitrogens with one attached hydrogen (secondary N) is 1. The molecule has 2 aliphatic rings. The van der Waals surface area contributed by atoms with Crippen molar-refractivity contribution in [3.05, 3.63) is 22.4 Å². The van der Waals surface area contributed by atoms with Gasteiger partial charge in [-0.25, -0.2) is 0 Å². The molecule has 1 N–H and O–H groups in total. The van der Waals surface area contributed by atoms with E-state index in [1.54, 1.807) is 23.1 Å².